The average molecular weight is 301 g/mol. The lowest BCUT2D eigenvalue weighted by molar-refractivity contribution is 0.357. The highest BCUT2D eigenvalue weighted by Gasteiger charge is 2.18. The first kappa shape index (κ1) is 12.3. The molecular weight excluding hydrogens is 288 g/mol. The number of likely N-dealkylation sites (N-methyl/N-ethyl adjacent to an activating group) is 1. The van der Waals surface area contributed by atoms with E-state index in [0.717, 1.165) is 5.56 Å². The molecule has 0 radical (unpaired) electrons. The molecule has 1 atom stereocenters. The summed E-state index contributed by atoms with van der Waals surface area (Å²) < 4.78 is 10.8. The van der Waals surface area contributed by atoms with Crippen LogP contribution < -0.4 is 5.73 Å². The fraction of sp³-hybridized carbons (Fsp3) is 0.400. The minimum absolute atomic E-state index is 0.270. The van der Waals surface area contributed by atoms with E-state index in [2.05, 4.69) is 26.1 Å². The highest BCUT2D eigenvalue weighted by Crippen LogP contribution is 2.28. The van der Waals surface area contributed by atoms with E-state index in [1.807, 2.05) is 19.0 Å². The number of aromatic nitrogens is 2. The van der Waals surface area contributed by atoms with E-state index in [4.69, 9.17) is 14.7 Å². The quantitative estimate of drug-likeness (QED) is 0.925. The highest BCUT2D eigenvalue weighted by atomic mass is 79.9. The van der Waals surface area contributed by atoms with E-state index in [0.29, 0.717) is 22.9 Å². The second kappa shape index (κ2) is 4.99. The second-order valence-electron chi connectivity index (χ2n) is 3.93. The largest absolute Gasteiger partial charge is 0.457 e. The Hall–Kier alpha value is -1.18. The Labute approximate surface area is 107 Å². The third kappa shape index (κ3) is 2.74. The Morgan fingerprint density at radius 1 is 1.53 bits per heavy atom. The van der Waals surface area contributed by atoms with Gasteiger partial charge in [0.15, 0.2) is 10.5 Å². The van der Waals surface area contributed by atoms with Crippen LogP contribution in [0.2, 0.25) is 0 Å². The first-order chi connectivity index (χ1) is 8.08. The predicted molar refractivity (Wildman–Crippen MR) is 65.2 cm³/mol. The molecule has 0 bridgehead atoms. The maximum atomic E-state index is 5.94. The van der Waals surface area contributed by atoms with E-state index >= 15 is 0 Å². The van der Waals surface area contributed by atoms with Gasteiger partial charge in [-0.05, 0) is 36.1 Å². The van der Waals surface area contributed by atoms with Gasteiger partial charge in [0.05, 0.1) is 17.9 Å². The molecule has 0 aliphatic rings. The summed E-state index contributed by atoms with van der Waals surface area (Å²) in [6, 6.07) is 1.48. The molecule has 2 N–H and O–H groups in total. The van der Waals surface area contributed by atoms with E-state index in [9.17, 15) is 0 Å². The minimum atomic E-state index is -0.270. The first-order valence-electron chi connectivity index (χ1n) is 5.05. The van der Waals surface area contributed by atoms with E-state index in [1.165, 1.54) is 0 Å². The Morgan fingerprint density at radius 2 is 2.29 bits per heavy atom. The van der Waals surface area contributed by atoms with Crippen LogP contribution in [0.4, 0.5) is 0 Å². The molecule has 0 amide bonds. The molecule has 2 aromatic heterocycles. The van der Waals surface area contributed by atoms with Crippen molar-refractivity contribution >= 4 is 15.9 Å². The lowest BCUT2D eigenvalue weighted by Gasteiger charge is -2.12. The van der Waals surface area contributed by atoms with Gasteiger partial charge in [-0.2, -0.15) is 4.98 Å². The topological polar surface area (TPSA) is 81.3 Å². The van der Waals surface area contributed by atoms with Crippen LogP contribution in [0.15, 0.2) is 25.9 Å². The number of halogens is 1. The van der Waals surface area contributed by atoms with Crippen molar-refractivity contribution in [2.45, 2.75) is 6.04 Å². The molecule has 0 fully saturated rings. The van der Waals surface area contributed by atoms with Crippen LogP contribution in [-0.2, 0) is 0 Å². The van der Waals surface area contributed by atoms with Crippen molar-refractivity contribution < 1.29 is 8.94 Å². The van der Waals surface area contributed by atoms with Crippen LogP contribution in [0, 0.1) is 0 Å². The van der Waals surface area contributed by atoms with Gasteiger partial charge in [-0.15, -0.1) is 0 Å². The van der Waals surface area contributed by atoms with Crippen LogP contribution in [0.25, 0.3) is 11.5 Å². The van der Waals surface area contributed by atoms with Crippen LogP contribution >= 0.6 is 15.9 Å². The van der Waals surface area contributed by atoms with Crippen molar-refractivity contribution in [1.82, 2.24) is 15.0 Å². The molecule has 2 aromatic rings. The Morgan fingerprint density at radius 3 is 2.88 bits per heavy atom. The van der Waals surface area contributed by atoms with Gasteiger partial charge in [-0.1, -0.05) is 5.16 Å². The van der Waals surface area contributed by atoms with Crippen LogP contribution in [0.3, 0.4) is 0 Å². The summed E-state index contributed by atoms with van der Waals surface area (Å²) in [6.07, 6.45) is 1.54. The average Bonchev–Trinajstić information content (AvgIpc) is 2.84. The number of nitrogens with two attached hydrogens (primary N) is 1. The number of hydrogen-bond acceptors (Lipinski definition) is 6. The zero-order chi connectivity index (χ0) is 12.4. The molecular formula is C10H13BrN4O2. The number of hydrogen-bond donors (Lipinski definition) is 1. The third-order valence-corrected chi connectivity index (χ3v) is 2.80. The predicted octanol–water partition coefficient (Wildman–Crippen LogP) is 1.65. The molecule has 7 heteroatoms. The van der Waals surface area contributed by atoms with Crippen molar-refractivity contribution in [3.63, 3.8) is 0 Å². The molecule has 0 aliphatic carbocycles. The van der Waals surface area contributed by atoms with Gasteiger partial charge in [-0.25, -0.2) is 0 Å². The lowest BCUT2D eigenvalue weighted by atomic mass is 10.3. The Kier molecular flexibility index (Phi) is 3.60. The lowest BCUT2D eigenvalue weighted by Crippen LogP contribution is -2.26. The molecule has 0 spiro atoms. The van der Waals surface area contributed by atoms with Gasteiger partial charge in [0.25, 0.3) is 5.89 Å². The normalized spacial score (nSPS) is 13.2. The highest BCUT2D eigenvalue weighted by molar-refractivity contribution is 9.10. The van der Waals surface area contributed by atoms with Gasteiger partial charge in [-0.3, -0.25) is 0 Å². The standard InChI is InChI=1S/C10H13BrN4O2/c1-15(2)5-7(12)9-13-10(17-14-9)6-3-4-16-8(6)11/h3-4,7H,5,12H2,1-2H3. The molecule has 6 nitrogen and oxygen atoms in total. The van der Waals surface area contributed by atoms with E-state index in [1.54, 1.807) is 12.3 Å². The minimum Gasteiger partial charge on any atom is -0.457 e. The molecule has 0 aliphatic heterocycles. The first-order valence-corrected chi connectivity index (χ1v) is 5.84. The Bertz CT molecular complexity index is 494. The van der Waals surface area contributed by atoms with Gasteiger partial charge < -0.3 is 19.6 Å². The molecule has 2 heterocycles. The zero-order valence-corrected chi connectivity index (χ0v) is 11.1. The summed E-state index contributed by atoms with van der Waals surface area (Å²) in [5.41, 5.74) is 6.66. The van der Waals surface area contributed by atoms with Crippen molar-refractivity contribution in [2.24, 2.45) is 5.73 Å². The number of nitrogens with zero attached hydrogens (tertiary/aromatic N) is 3. The summed E-state index contributed by atoms with van der Waals surface area (Å²) in [7, 11) is 3.88. The van der Waals surface area contributed by atoms with Crippen molar-refractivity contribution in [3.05, 3.63) is 22.8 Å². The maximum absolute atomic E-state index is 5.94. The molecule has 17 heavy (non-hydrogen) atoms. The second-order valence-corrected chi connectivity index (χ2v) is 4.65. The molecule has 2 rings (SSSR count). The zero-order valence-electron chi connectivity index (χ0n) is 9.55. The monoisotopic (exact) mass is 300 g/mol. The smallest absolute Gasteiger partial charge is 0.262 e. The van der Waals surface area contributed by atoms with Crippen LogP contribution in [0.5, 0.6) is 0 Å². The van der Waals surface area contributed by atoms with Crippen LogP contribution in [-0.4, -0.2) is 35.7 Å². The SMILES string of the molecule is CN(C)CC(N)c1noc(-c2ccoc2Br)n1. The summed E-state index contributed by atoms with van der Waals surface area (Å²) >= 11 is 3.26. The van der Waals surface area contributed by atoms with Gasteiger partial charge in [0, 0.05) is 6.54 Å². The molecule has 1 unspecified atom stereocenters. The van der Waals surface area contributed by atoms with Crippen molar-refractivity contribution in [1.29, 1.82) is 0 Å². The fourth-order valence-electron chi connectivity index (χ4n) is 1.42. The van der Waals surface area contributed by atoms with Gasteiger partial charge >= 0.3 is 0 Å². The summed E-state index contributed by atoms with van der Waals surface area (Å²) in [5.74, 6) is 0.886. The van der Waals surface area contributed by atoms with Crippen LogP contribution in [0.1, 0.15) is 11.9 Å². The summed E-state index contributed by atoms with van der Waals surface area (Å²) in [4.78, 5) is 6.21. The molecule has 0 saturated carbocycles. The summed E-state index contributed by atoms with van der Waals surface area (Å²) in [6.45, 7) is 0.658. The van der Waals surface area contributed by atoms with E-state index < -0.39 is 0 Å². The van der Waals surface area contributed by atoms with E-state index in [-0.39, 0.29) is 6.04 Å². The Balaban J connectivity index is 2.19. The molecule has 0 aromatic carbocycles. The van der Waals surface area contributed by atoms with Crippen molar-refractivity contribution in [3.8, 4) is 11.5 Å². The van der Waals surface area contributed by atoms with Gasteiger partial charge in [0.2, 0.25) is 0 Å². The molecule has 92 valence electrons. The molecule has 0 saturated heterocycles. The maximum Gasteiger partial charge on any atom is 0.262 e. The summed E-state index contributed by atoms with van der Waals surface area (Å²) in [5, 5.41) is 3.87. The van der Waals surface area contributed by atoms with Gasteiger partial charge in [0.1, 0.15) is 0 Å². The number of furan rings is 1. The fourth-order valence-corrected chi connectivity index (χ4v) is 1.83. The van der Waals surface area contributed by atoms with Crippen molar-refractivity contribution in [2.75, 3.05) is 20.6 Å². The third-order valence-electron chi connectivity index (χ3n) is 2.18. The number of rotatable bonds is 4.